The summed E-state index contributed by atoms with van der Waals surface area (Å²) in [6.07, 6.45) is 10.5. The quantitative estimate of drug-likeness (QED) is 0.137. The van der Waals surface area contributed by atoms with Gasteiger partial charge in [-0.1, -0.05) is 80.6 Å². The highest BCUT2D eigenvalue weighted by Gasteiger charge is 2.23. The van der Waals surface area contributed by atoms with E-state index < -0.39 is 27.8 Å². The first-order chi connectivity index (χ1) is 21.5. The molecule has 2 N–H and O–H groups in total. The monoisotopic (exact) mass is 649 g/mol. The number of carbonyl (C=O) groups excluding carboxylic acids is 1. The van der Waals surface area contributed by atoms with Gasteiger partial charge in [-0.25, -0.2) is 23.2 Å². The summed E-state index contributed by atoms with van der Waals surface area (Å²) in [6.45, 7) is 2.91. The molecule has 0 radical (unpaired) electrons. The van der Waals surface area contributed by atoms with E-state index >= 15 is 0 Å². The molecule has 45 heavy (non-hydrogen) atoms. The average molecular weight is 650 g/mol. The number of carbonyl (C=O) groups is 2. The first-order valence-electron chi connectivity index (χ1n) is 14.7. The summed E-state index contributed by atoms with van der Waals surface area (Å²) in [5.74, 6) is -0.595. The molecule has 0 spiro atoms. The normalized spacial score (nSPS) is 12.0. The lowest BCUT2D eigenvalue weighted by Gasteiger charge is -2.16. The van der Waals surface area contributed by atoms with E-state index in [4.69, 9.17) is 16.3 Å². The van der Waals surface area contributed by atoms with Crippen LogP contribution in [0.5, 0.6) is 5.75 Å². The van der Waals surface area contributed by atoms with Crippen LogP contribution in [0.3, 0.4) is 0 Å². The Morgan fingerprint density at radius 3 is 2.13 bits per heavy atom. The molecule has 4 rings (SSSR count). The fourth-order valence-electron chi connectivity index (χ4n) is 4.64. The molecule has 0 fully saturated rings. The molecule has 9 nitrogen and oxygen atoms in total. The minimum atomic E-state index is -3.51. The SMILES string of the molecule is CCCCCCCOc1ccc(-c2cnc(-c3ccc(C[C@H](NC(=O)c4ccc(S(C)(=O)=O)cc4Cl)C(=O)O)cc3)nc2)cc1. The van der Waals surface area contributed by atoms with E-state index in [1.165, 1.54) is 37.8 Å². The Hall–Kier alpha value is -4.28. The van der Waals surface area contributed by atoms with Crippen molar-refractivity contribution < 1.29 is 27.9 Å². The zero-order chi connectivity index (χ0) is 32.4. The molecule has 0 aliphatic carbocycles. The number of nitrogens with zero attached hydrogens (tertiary/aromatic N) is 2. The van der Waals surface area contributed by atoms with Gasteiger partial charge in [-0.15, -0.1) is 0 Å². The second-order valence-electron chi connectivity index (χ2n) is 10.8. The molecule has 3 aromatic carbocycles. The van der Waals surface area contributed by atoms with Crippen LogP contribution in [0.1, 0.15) is 54.9 Å². The van der Waals surface area contributed by atoms with Crippen LogP contribution in [0, 0.1) is 0 Å². The van der Waals surface area contributed by atoms with Gasteiger partial charge < -0.3 is 15.2 Å². The molecule has 0 saturated carbocycles. The smallest absolute Gasteiger partial charge is 0.326 e. The molecule has 1 amide bonds. The largest absolute Gasteiger partial charge is 0.494 e. The lowest BCUT2D eigenvalue weighted by Crippen LogP contribution is -2.42. The Morgan fingerprint density at radius 1 is 0.889 bits per heavy atom. The third kappa shape index (κ3) is 9.60. The Morgan fingerprint density at radius 2 is 1.53 bits per heavy atom. The average Bonchev–Trinajstić information content (AvgIpc) is 3.02. The molecule has 1 aromatic heterocycles. The predicted octanol–water partition coefficient (Wildman–Crippen LogP) is 6.64. The molecule has 1 heterocycles. The summed E-state index contributed by atoms with van der Waals surface area (Å²) in [4.78, 5) is 33.7. The number of carboxylic acid groups (broad SMARTS) is 1. The molecular formula is C34H36ClN3O6S. The number of rotatable bonds is 15. The number of aromatic nitrogens is 2. The van der Waals surface area contributed by atoms with Crippen LogP contribution in [-0.4, -0.2) is 54.3 Å². The highest BCUT2D eigenvalue weighted by atomic mass is 35.5. The number of unbranched alkanes of at least 4 members (excludes halogenated alkanes) is 4. The number of nitrogens with one attached hydrogen (secondary N) is 1. The summed E-state index contributed by atoms with van der Waals surface area (Å²) in [7, 11) is -3.51. The van der Waals surface area contributed by atoms with Crippen molar-refractivity contribution in [3.8, 4) is 28.3 Å². The number of sulfone groups is 1. The van der Waals surface area contributed by atoms with Gasteiger partial charge in [0.2, 0.25) is 0 Å². The molecule has 0 aliphatic heterocycles. The molecular weight excluding hydrogens is 614 g/mol. The van der Waals surface area contributed by atoms with Crippen molar-refractivity contribution >= 4 is 33.3 Å². The van der Waals surface area contributed by atoms with Gasteiger partial charge in [0.05, 0.1) is 22.1 Å². The van der Waals surface area contributed by atoms with E-state index in [1.54, 1.807) is 36.7 Å². The standard InChI is InChI=1S/C34H36ClN3O6S/c1-3-4-5-6-7-18-44-27-14-12-24(13-15-27)26-21-36-32(37-22-26)25-10-8-23(9-11-25)19-31(34(40)41)38-33(39)29-17-16-28(20-30(29)35)45(2,42)43/h8-17,20-22,31H,3-7,18-19H2,1-2H3,(H,38,39)(H,40,41)/t31-/m0/s1. The fraction of sp³-hybridized carbons (Fsp3) is 0.294. The first-order valence-corrected chi connectivity index (χ1v) is 17.0. The lowest BCUT2D eigenvalue weighted by atomic mass is 10.0. The van der Waals surface area contributed by atoms with Gasteiger partial charge >= 0.3 is 5.97 Å². The van der Waals surface area contributed by atoms with Crippen molar-refractivity contribution in [1.82, 2.24) is 15.3 Å². The lowest BCUT2D eigenvalue weighted by molar-refractivity contribution is -0.139. The van der Waals surface area contributed by atoms with Gasteiger partial charge in [-0.2, -0.15) is 0 Å². The number of ether oxygens (including phenoxy) is 1. The number of amides is 1. The Kier molecular flexibility index (Phi) is 11.7. The summed E-state index contributed by atoms with van der Waals surface area (Å²) in [5, 5.41) is 12.1. The molecule has 11 heteroatoms. The van der Waals surface area contributed by atoms with Crippen molar-refractivity contribution in [3.63, 3.8) is 0 Å². The molecule has 0 aliphatic rings. The fourth-order valence-corrected chi connectivity index (χ4v) is 5.62. The third-order valence-corrected chi connectivity index (χ3v) is 8.65. The van der Waals surface area contributed by atoms with Crippen LogP contribution in [-0.2, 0) is 21.1 Å². The van der Waals surface area contributed by atoms with Gasteiger partial charge in [-0.3, -0.25) is 4.79 Å². The van der Waals surface area contributed by atoms with Crippen LogP contribution in [0.25, 0.3) is 22.5 Å². The molecule has 0 unspecified atom stereocenters. The number of hydrogen-bond acceptors (Lipinski definition) is 7. The Bertz CT molecular complexity index is 1710. The highest BCUT2D eigenvalue weighted by Crippen LogP contribution is 2.24. The Balaban J connectivity index is 1.34. The van der Waals surface area contributed by atoms with Crippen molar-refractivity contribution in [3.05, 3.63) is 95.3 Å². The molecule has 0 saturated heterocycles. The number of benzene rings is 3. The summed E-state index contributed by atoms with van der Waals surface area (Å²) < 4.78 is 29.3. The van der Waals surface area contributed by atoms with Crippen LogP contribution in [0.4, 0.5) is 0 Å². The minimum absolute atomic E-state index is 0.0127. The molecule has 0 bridgehead atoms. The Labute approximate surface area is 268 Å². The number of carboxylic acids is 1. The van der Waals surface area contributed by atoms with Gasteiger partial charge in [0.1, 0.15) is 11.8 Å². The van der Waals surface area contributed by atoms with Crippen molar-refractivity contribution in [2.24, 2.45) is 0 Å². The topological polar surface area (TPSA) is 136 Å². The predicted molar refractivity (Wildman–Crippen MR) is 174 cm³/mol. The maximum atomic E-state index is 12.8. The zero-order valence-corrected chi connectivity index (χ0v) is 26.8. The second kappa shape index (κ2) is 15.6. The van der Waals surface area contributed by atoms with E-state index in [1.807, 2.05) is 24.3 Å². The van der Waals surface area contributed by atoms with Crippen LogP contribution in [0.2, 0.25) is 5.02 Å². The zero-order valence-electron chi connectivity index (χ0n) is 25.2. The van der Waals surface area contributed by atoms with Gasteiger partial charge in [0.25, 0.3) is 5.91 Å². The molecule has 236 valence electrons. The van der Waals surface area contributed by atoms with Gasteiger partial charge in [0.15, 0.2) is 15.7 Å². The van der Waals surface area contributed by atoms with Crippen LogP contribution >= 0.6 is 11.6 Å². The summed E-state index contributed by atoms with van der Waals surface area (Å²) >= 11 is 6.12. The minimum Gasteiger partial charge on any atom is -0.494 e. The first kappa shape index (κ1) is 33.6. The summed E-state index contributed by atoms with van der Waals surface area (Å²) in [6, 6.07) is 17.4. The van der Waals surface area contributed by atoms with E-state index in [0.29, 0.717) is 18.0 Å². The number of hydrogen-bond donors (Lipinski definition) is 2. The summed E-state index contributed by atoms with van der Waals surface area (Å²) in [5.41, 5.74) is 3.24. The maximum Gasteiger partial charge on any atom is 0.326 e. The van der Waals surface area contributed by atoms with E-state index in [2.05, 4.69) is 22.2 Å². The maximum absolute atomic E-state index is 12.8. The van der Waals surface area contributed by atoms with Crippen LogP contribution < -0.4 is 10.1 Å². The third-order valence-electron chi connectivity index (χ3n) is 7.22. The van der Waals surface area contributed by atoms with Gasteiger partial charge in [-0.05, 0) is 47.9 Å². The van der Waals surface area contributed by atoms with Crippen LogP contribution in [0.15, 0.2) is 84.0 Å². The molecule has 1 atom stereocenters. The van der Waals surface area contributed by atoms with Gasteiger partial charge in [0, 0.05) is 36.2 Å². The highest BCUT2D eigenvalue weighted by molar-refractivity contribution is 7.90. The van der Waals surface area contributed by atoms with Crippen molar-refractivity contribution in [2.45, 2.75) is 56.4 Å². The number of aliphatic carboxylic acids is 1. The van der Waals surface area contributed by atoms with E-state index in [9.17, 15) is 23.1 Å². The second-order valence-corrected chi connectivity index (χ2v) is 13.2. The van der Waals surface area contributed by atoms with E-state index in [0.717, 1.165) is 41.2 Å². The van der Waals surface area contributed by atoms with E-state index in [-0.39, 0.29) is 21.9 Å². The molecule has 4 aromatic rings. The number of halogens is 1. The van der Waals surface area contributed by atoms with Crippen molar-refractivity contribution in [2.75, 3.05) is 12.9 Å². The van der Waals surface area contributed by atoms with Crippen molar-refractivity contribution in [1.29, 1.82) is 0 Å².